The smallest absolute Gasteiger partial charge is 0.198 e. The fraction of sp³-hybridized carbons (Fsp3) is 0.231. The Balaban J connectivity index is 1.20. The number of fused-ring (bicyclic) bond motifs is 10. The van der Waals surface area contributed by atoms with Crippen molar-refractivity contribution >= 4 is 73.7 Å². The summed E-state index contributed by atoms with van der Waals surface area (Å²) in [6.45, 7) is 12.2. The number of hydrogen-bond donors (Lipinski definition) is 1. The number of hydrogen-bond acceptors (Lipinski definition) is 3. The molecule has 2 aliphatic heterocycles. The summed E-state index contributed by atoms with van der Waals surface area (Å²) in [6, 6.07) is 49.2. The largest absolute Gasteiger partial charge is 0.454 e. The minimum absolute atomic E-state index is 0.0219. The van der Waals surface area contributed by atoms with Gasteiger partial charge in [0.2, 0.25) is 0 Å². The fourth-order valence-electron chi connectivity index (χ4n) is 10.7. The van der Waals surface area contributed by atoms with Crippen LogP contribution >= 0.6 is 0 Å². The summed E-state index contributed by atoms with van der Waals surface area (Å²) in [6.07, 6.45) is 4.84. The Morgan fingerprint density at radius 1 is 0.661 bits per heavy atom. The maximum absolute atomic E-state index is 7.03. The van der Waals surface area contributed by atoms with Crippen LogP contribution in [0.4, 0.5) is 22.7 Å². The van der Waals surface area contributed by atoms with Crippen LogP contribution < -0.4 is 21.1 Å². The number of nitrogens with zero attached hydrogens (tertiary/aromatic N) is 1. The van der Waals surface area contributed by atoms with Crippen LogP contribution in [-0.4, -0.2) is 12.8 Å². The summed E-state index contributed by atoms with van der Waals surface area (Å²) < 4.78 is 7.03. The van der Waals surface area contributed by atoms with Gasteiger partial charge in [-0.1, -0.05) is 155 Å². The zero-order chi connectivity index (χ0) is 38.0. The molecule has 3 aliphatic rings. The fourth-order valence-corrected chi connectivity index (χ4v) is 10.7. The molecule has 56 heavy (non-hydrogen) atoms. The van der Waals surface area contributed by atoms with Crippen molar-refractivity contribution in [3.8, 4) is 22.3 Å². The Kier molecular flexibility index (Phi) is 7.13. The minimum Gasteiger partial charge on any atom is -0.454 e. The Labute approximate surface area is 330 Å². The first-order valence-corrected chi connectivity index (χ1v) is 20.5. The van der Waals surface area contributed by atoms with E-state index in [2.05, 4.69) is 178 Å². The van der Waals surface area contributed by atoms with Crippen molar-refractivity contribution in [2.45, 2.75) is 76.7 Å². The van der Waals surface area contributed by atoms with Gasteiger partial charge in [-0.05, 0) is 88.1 Å². The highest BCUT2D eigenvalue weighted by Gasteiger charge is 2.60. The summed E-state index contributed by atoms with van der Waals surface area (Å²) in [5, 5.41) is 8.77. The second kappa shape index (κ2) is 11.9. The third-order valence-electron chi connectivity index (χ3n) is 14.0. The molecule has 4 heteroatoms. The van der Waals surface area contributed by atoms with Gasteiger partial charge in [-0.25, -0.2) is 0 Å². The molecule has 2 atom stereocenters. The molecule has 0 amide bonds. The molecule has 0 saturated heterocycles. The third-order valence-corrected chi connectivity index (χ3v) is 14.0. The summed E-state index contributed by atoms with van der Waals surface area (Å²) in [5.74, 6) is 0. The van der Waals surface area contributed by atoms with Gasteiger partial charge in [0.15, 0.2) is 12.9 Å². The normalized spacial score (nSPS) is 19.8. The molecule has 274 valence electrons. The van der Waals surface area contributed by atoms with Crippen molar-refractivity contribution in [2.24, 2.45) is 0 Å². The first-order chi connectivity index (χ1) is 27.1. The van der Waals surface area contributed by atoms with Gasteiger partial charge >= 0.3 is 0 Å². The van der Waals surface area contributed by atoms with Gasteiger partial charge in [0.1, 0.15) is 5.58 Å². The maximum atomic E-state index is 7.03. The van der Waals surface area contributed by atoms with E-state index in [9.17, 15) is 0 Å². The number of rotatable bonds is 4. The molecule has 1 aromatic heterocycles. The van der Waals surface area contributed by atoms with Gasteiger partial charge in [0.25, 0.3) is 0 Å². The molecular weight excluding hydrogens is 679 g/mol. The average molecular weight is 727 g/mol. The Morgan fingerprint density at radius 2 is 1.38 bits per heavy atom. The summed E-state index contributed by atoms with van der Waals surface area (Å²) in [7, 11) is 0.852. The van der Waals surface area contributed by atoms with Crippen molar-refractivity contribution in [3.63, 3.8) is 0 Å². The van der Waals surface area contributed by atoms with E-state index in [4.69, 9.17) is 4.42 Å². The molecule has 1 fully saturated rings. The van der Waals surface area contributed by atoms with Crippen molar-refractivity contribution in [3.05, 3.63) is 145 Å². The standard InChI is InChI=1S/C52H47BN2O/c1-50(2,3)35-29-42-47-43(30-35)53-45-40(31-41-38-19-11-12-20-44(38)56-49(41)48(45)55(47)52(5)28-14-13-27-51(42,52)4)39-26-23-34-17-9-10-18-37(34)46(39)54-36-24-21-33(22-25-36)32-15-7-6-8-16-32/h6-12,15-26,29-31,53-54H,13-14,27-28H2,1-5H3. The lowest BCUT2D eigenvalue weighted by atomic mass is 9.57. The van der Waals surface area contributed by atoms with Crippen LogP contribution in [0.1, 0.15) is 71.4 Å². The number of benzene rings is 7. The van der Waals surface area contributed by atoms with Crippen molar-refractivity contribution in [1.29, 1.82) is 0 Å². The second-order valence-corrected chi connectivity index (χ2v) is 18.1. The monoisotopic (exact) mass is 726 g/mol. The van der Waals surface area contributed by atoms with Gasteiger partial charge in [-0.3, -0.25) is 0 Å². The van der Waals surface area contributed by atoms with Crippen LogP contribution in [0.25, 0.3) is 55.0 Å². The van der Waals surface area contributed by atoms with Gasteiger partial charge in [-0.2, -0.15) is 0 Å². The number of furan rings is 1. The molecule has 3 heterocycles. The van der Waals surface area contributed by atoms with Crippen LogP contribution in [0, 0.1) is 0 Å². The van der Waals surface area contributed by atoms with Crippen molar-refractivity contribution < 1.29 is 4.42 Å². The molecule has 3 nitrogen and oxygen atoms in total. The Hall–Kier alpha value is -5.74. The highest BCUT2D eigenvalue weighted by molar-refractivity contribution is 6.74. The lowest BCUT2D eigenvalue weighted by Gasteiger charge is -2.51. The van der Waals surface area contributed by atoms with Crippen molar-refractivity contribution in [2.75, 3.05) is 10.2 Å². The average Bonchev–Trinajstić information content (AvgIpc) is 3.69. The zero-order valence-electron chi connectivity index (χ0n) is 33.1. The number of nitrogens with one attached hydrogen (secondary N) is 1. The summed E-state index contributed by atoms with van der Waals surface area (Å²) >= 11 is 0. The predicted molar refractivity (Wildman–Crippen MR) is 240 cm³/mol. The van der Waals surface area contributed by atoms with Crippen LogP contribution in [0.2, 0.25) is 0 Å². The molecular formula is C52H47BN2O. The lowest BCUT2D eigenvalue weighted by Crippen LogP contribution is -2.57. The van der Waals surface area contributed by atoms with Crippen LogP contribution in [-0.2, 0) is 10.8 Å². The molecule has 1 N–H and O–H groups in total. The lowest BCUT2D eigenvalue weighted by molar-refractivity contribution is 0.195. The molecule has 1 saturated carbocycles. The Morgan fingerprint density at radius 3 is 2.18 bits per heavy atom. The van der Waals surface area contributed by atoms with Crippen molar-refractivity contribution in [1.82, 2.24) is 0 Å². The van der Waals surface area contributed by atoms with E-state index in [0.29, 0.717) is 0 Å². The first kappa shape index (κ1) is 33.6. The topological polar surface area (TPSA) is 28.4 Å². The summed E-state index contributed by atoms with van der Waals surface area (Å²) in [4.78, 5) is 2.80. The highest BCUT2D eigenvalue weighted by atomic mass is 16.3. The molecule has 0 spiro atoms. The van der Waals surface area contributed by atoms with Gasteiger partial charge in [0.05, 0.1) is 16.9 Å². The van der Waals surface area contributed by atoms with E-state index in [0.717, 1.165) is 36.2 Å². The summed E-state index contributed by atoms with van der Waals surface area (Å²) in [5.41, 5.74) is 17.5. The minimum atomic E-state index is -0.0937. The second-order valence-electron chi connectivity index (χ2n) is 18.1. The van der Waals surface area contributed by atoms with Crippen LogP contribution in [0.5, 0.6) is 0 Å². The van der Waals surface area contributed by atoms with Gasteiger partial charge < -0.3 is 14.6 Å². The van der Waals surface area contributed by atoms with Crippen LogP contribution in [0.3, 0.4) is 0 Å². The number of anilines is 4. The van der Waals surface area contributed by atoms with E-state index < -0.39 is 0 Å². The van der Waals surface area contributed by atoms with Gasteiger partial charge in [-0.15, -0.1) is 0 Å². The predicted octanol–water partition coefficient (Wildman–Crippen LogP) is 12.6. The molecule has 0 radical (unpaired) electrons. The maximum Gasteiger partial charge on any atom is 0.198 e. The third kappa shape index (κ3) is 4.71. The first-order valence-electron chi connectivity index (χ1n) is 20.5. The molecule has 0 bridgehead atoms. The quantitative estimate of drug-likeness (QED) is 0.183. The molecule has 2 unspecified atom stereocenters. The Bertz CT molecular complexity index is 2880. The van der Waals surface area contributed by atoms with E-state index in [1.165, 1.54) is 96.5 Å². The van der Waals surface area contributed by atoms with E-state index >= 15 is 0 Å². The highest BCUT2D eigenvalue weighted by Crippen LogP contribution is 2.62. The van der Waals surface area contributed by atoms with E-state index in [1.54, 1.807) is 0 Å². The van der Waals surface area contributed by atoms with Gasteiger partial charge in [0, 0.05) is 38.5 Å². The van der Waals surface area contributed by atoms with Crippen LogP contribution in [0.15, 0.2) is 138 Å². The molecule has 11 rings (SSSR count). The molecule has 1 aliphatic carbocycles. The SMILES string of the molecule is CC(C)(C)c1cc2c3c(c1)C1(C)CCCCC1(C)N3c1c(c(-c3ccc4ccccc4c3Nc3ccc(-c4ccccc4)cc3)cc3c1oc1ccccc13)B2. The van der Waals surface area contributed by atoms with E-state index in [1.807, 2.05) is 0 Å². The molecule has 8 aromatic rings. The van der Waals surface area contributed by atoms with E-state index in [-0.39, 0.29) is 16.4 Å². The zero-order valence-corrected chi connectivity index (χ0v) is 33.1. The number of para-hydroxylation sites is 1. The molecule has 7 aromatic carbocycles.